The van der Waals surface area contributed by atoms with Gasteiger partial charge in [0.2, 0.25) is 0 Å². The van der Waals surface area contributed by atoms with Crippen molar-refractivity contribution in [3.05, 3.63) is 16.3 Å². The minimum Gasteiger partial charge on any atom is -0.354 e. The lowest BCUT2D eigenvalue weighted by atomic mass is 10.2. The molecule has 0 aliphatic carbocycles. The Balaban J connectivity index is 2.22. The Hall–Kier alpha value is -0.390. The zero-order valence-electron chi connectivity index (χ0n) is 7.44. The summed E-state index contributed by atoms with van der Waals surface area (Å²) in [5, 5.41) is 7.19. The van der Waals surface area contributed by atoms with Crippen LogP contribution in [0.25, 0.3) is 11.3 Å². The molecule has 0 radical (unpaired) electrons. The minimum atomic E-state index is 0.960. The van der Waals surface area contributed by atoms with E-state index in [1.165, 1.54) is 15.3 Å². The van der Waals surface area contributed by atoms with Gasteiger partial charge >= 0.3 is 0 Å². The maximum atomic E-state index is 5.38. The van der Waals surface area contributed by atoms with Gasteiger partial charge in [-0.1, -0.05) is 5.16 Å². The van der Waals surface area contributed by atoms with Crippen molar-refractivity contribution in [2.75, 3.05) is 6.26 Å². The van der Waals surface area contributed by atoms with E-state index in [9.17, 15) is 0 Å². The molecular weight excluding hydrogens is 234 g/mol. The molecule has 0 bridgehead atoms. The van der Waals surface area contributed by atoms with Crippen LogP contribution in [0.4, 0.5) is 0 Å². The van der Waals surface area contributed by atoms with E-state index in [-0.39, 0.29) is 0 Å². The minimum absolute atomic E-state index is 0.960. The monoisotopic (exact) mass is 241 g/mol. The van der Waals surface area contributed by atoms with Gasteiger partial charge < -0.3 is 4.52 Å². The normalized spacial score (nSPS) is 13.8. The van der Waals surface area contributed by atoms with Crippen LogP contribution in [0.3, 0.4) is 0 Å². The second-order valence-electron chi connectivity index (χ2n) is 2.90. The number of nitrogens with zero attached hydrogens (tertiary/aromatic N) is 1. The van der Waals surface area contributed by atoms with Crippen molar-refractivity contribution in [2.45, 2.75) is 15.7 Å². The first kappa shape index (κ1) is 8.88. The van der Waals surface area contributed by atoms with Crippen LogP contribution < -0.4 is 0 Å². The van der Waals surface area contributed by atoms with E-state index in [0.29, 0.717) is 0 Å². The molecule has 0 atom stereocenters. The average molecular weight is 241 g/mol. The molecule has 0 saturated carbocycles. The molecule has 0 saturated heterocycles. The van der Waals surface area contributed by atoms with Crippen LogP contribution in [-0.2, 0) is 5.75 Å². The van der Waals surface area contributed by atoms with Gasteiger partial charge in [0.15, 0.2) is 10.8 Å². The third-order valence-corrected chi connectivity index (χ3v) is 5.15. The molecule has 5 heteroatoms. The molecule has 0 amide bonds. The van der Waals surface area contributed by atoms with E-state index in [1.54, 1.807) is 23.1 Å². The molecule has 1 aliphatic heterocycles. The van der Waals surface area contributed by atoms with Crippen LogP contribution in [0, 0.1) is 0 Å². The Morgan fingerprint density at radius 2 is 2.50 bits per heavy atom. The first-order valence-electron chi connectivity index (χ1n) is 4.13. The van der Waals surface area contributed by atoms with Gasteiger partial charge in [0.25, 0.3) is 0 Å². The van der Waals surface area contributed by atoms with Crippen LogP contribution in [0.15, 0.2) is 25.9 Å². The third-order valence-electron chi connectivity index (χ3n) is 2.15. The highest BCUT2D eigenvalue weighted by molar-refractivity contribution is 8.01. The summed E-state index contributed by atoms with van der Waals surface area (Å²) in [5.41, 5.74) is 1.23. The summed E-state index contributed by atoms with van der Waals surface area (Å²) in [7, 11) is 0. The van der Waals surface area contributed by atoms with Crippen LogP contribution in [0.1, 0.15) is 4.88 Å². The van der Waals surface area contributed by atoms with E-state index in [0.717, 1.165) is 16.5 Å². The van der Waals surface area contributed by atoms with E-state index in [4.69, 9.17) is 4.52 Å². The molecular formula is C9H7NOS3. The number of thioether (sulfide) groups is 2. The highest BCUT2D eigenvalue weighted by Gasteiger charge is 2.25. The van der Waals surface area contributed by atoms with Gasteiger partial charge in [0.1, 0.15) is 0 Å². The maximum Gasteiger partial charge on any atom is 0.182 e. The van der Waals surface area contributed by atoms with Crippen molar-refractivity contribution in [2.24, 2.45) is 0 Å². The second-order valence-corrected chi connectivity index (χ2v) is 5.68. The van der Waals surface area contributed by atoms with Crippen molar-refractivity contribution in [1.29, 1.82) is 0 Å². The maximum absolute atomic E-state index is 5.38. The summed E-state index contributed by atoms with van der Waals surface area (Å²) < 4.78 is 5.38. The Bertz CT molecular complexity index is 474. The van der Waals surface area contributed by atoms with Crippen molar-refractivity contribution >= 4 is 34.9 Å². The number of aromatic nitrogens is 1. The van der Waals surface area contributed by atoms with Crippen molar-refractivity contribution < 1.29 is 4.52 Å². The topological polar surface area (TPSA) is 26.0 Å². The molecule has 0 spiro atoms. The number of fused-ring (bicyclic) bond motifs is 3. The number of rotatable bonds is 1. The predicted octanol–water partition coefficient (Wildman–Crippen LogP) is 3.73. The average Bonchev–Trinajstić information content (AvgIpc) is 2.82. The smallest absolute Gasteiger partial charge is 0.182 e. The van der Waals surface area contributed by atoms with E-state index >= 15 is 0 Å². The SMILES string of the molecule is CSc1noc2c1SCc1sccc1-2. The molecule has 72 valence electrons. The largest absolute Gasteiger partial charge is 0.354 e. The number of thiophene rings is 1. The fourth-order valence-corrected chi connectivity index (χ4v) is 4.28. The van der Waals surface area contributed by atoms with Gasteiger partial charge in [-0.2, -0.15) is 0 Å². The third kappa shape index (κ3) is 1.16. The Morgan fingerprint density at radius 1 is 1.57 bits per heavy atom. The van der Waals surface area contributed by atoms with Gasteiger partial charge in [-0.3, -0.25) is 0 Å². The molecule has 0 aromatic carbocycles. The quantitative estimate of drug-likeness (QED) is 0.711. The summed E-state index contributed by atoms with van der Waals surface area (Å²) in [6.07, 6.45) is 2.03. The summed E-state index contributed by atoms with van der Waals surface area (Å²) in [6, 6.07) is 2.12. The van der Waals surface area contributed by atoms with Crippen LogP contribution in [0.2, 0.25) is 0 Å². The zero-order chi connectivity index (χ0) is 9.54. The lowest BCUT2D eigenvalue weighted by Gasteiger charge is -2.08. The van der Waals surface area contributed by atoms with Gasteiger partial charge in [-0.15, -0.1) is 34.9 Å². The van der Waals surface area contributed by atoms with Gasteiger partial charge in [-0.25, -0.2) is 0 Å². The molecule has 0 N–H and O–H groups in total. The molecule has 14 heavy (non-hydrogen) atoms. The van der Waals surface area contributed by atoms with Gasteiger partial charge in [-0.05, 0) is 17.7 Å². The van der Waals surface area contributed by atoms with Crippen LogP contribution >= 0.6 is 34.9 Å². The Kier molecular flexibility index (Phi) is 2.11. The summed E-state index contributed by atoms with van der Waals surface area (Å²) in [5.74, 6) is 2.01. The van der Waals surface area contributed by atoms with Crippen molar-refractivity contribution in [3.8, 4) is 11.3 Å². The first-order chi connectivity index (χ1) is 6.90. The number of hydrogen-bond donors (Lipinski definition) is 0. The molecule has 0 unspecified atom stereocenters. The molecule has 0 fully saturated rings. The fraction of sp³-hybridized carbons (Fsp3) is 0.222. The van der Waals surface area contributed by atoms with Crippen LogP contribution in [-0.4, -0.2) is 11.4 Å². The summed E-state index contributed by atoms with van der Waals surface area (Å²) >= 11 is 5.26. The Morgan fingerprint density at radius 3 is 3.36 bits per heavy atom. The van der Waals surface area contributed by atoms with Crippen LogP contribution in [0.5, 0.6) is 0 Å². The van der Waals surface area contributed by atoms with Crippen molar-refractivity contribution in [3.63, 3.8) is 0 Å². The lowest BCUT2D eigenvalue weighted by molar-refractivity contribution is 0.415. The highest BCUT2D eigenvalue weighted by Crippen LogP contribution is 2.47. The summed E-state index contributed by atoms with van der Waals surface area (Å²) in [6.45, 7) is 0. The second kappa shape index (κ2) is 3.32. The predicted molar refractivity (Wildman–Crippen MR) is 61.2 cm³/mol. The lowest BCUT2D eigenvalue weighted by Crippen LogP contribution is -1.88. The molecule has 3 rings (SSSR count). The van der Waals surface area contributed by atoms with Crippen molar-refractivity contribution in [1.82, 2.24) is 5.16 Å². The Labute approximate surface area is 94.1 Å². The van der Waals surface area contributed by atoms with Gasteiger partial charge in [0, 0.05) is 16.2 Å². The molecule has 1 aliphatic rings. The highest BCUT2D eigenvalue weighted by atomic mass is 32.2. The van der Waals surface area contributed by atoms with E-state index in [1.807, 2.05) is 18.0 Å². The fourth-order valence-electron chi connectivity index (χ4n) is 1.49. The summed E-state index contributed by atoms with van der Waals surface area (Å²) in [4.78, 5) is 2.61. The molecule has 3 heterocycles. The van der Waals surface area contributed by atoms with Gasteiger partial charge in [0.05, 0.1) is 4.90 Å². The zero-order valence-corrected chi connectivity index (χ0v) is 9.89. The van der Waals surface area contributed by atoms with E-state index in [2.05, 4.69) is 16.6 Å². The molecule has 2 aromatic heterocycles. The molecule has 2 aromatic rings. The standard InChI is InChI=1S/C9H7NOS3/c1-12-9-8-7(11-10-9)5-2-3-13-6(5)4-14-8/h2-3H,4H2,1H3. The number of hydrogen-bond acceptors (Lipinski definition) is 5. The first-order valence-corrected chi connectivity index (χ1v) is 7.22. The molecule has 2 nitrogen and oxygen atoms in total. The van der Waals surface area contributed by atoms with E-state index < -0.39 is 0 Å².